The van der Waals surface area contributed by atoms with E-state index in [1.807, 2.05) is 30.3 Å². The number of benzene rings is 1. The van der Waals surface area contributed by atoms with Crippen molar-refractivity contribution < 1.29 is 24.2 Å². The van der Waals surface area contributed by atoms with Crippen LogP contribution in [0.4, 0.5) is 0 Å². The number of ether oxygens (including phenoxy) is 1. The predicted octanol–water partition coefficient (Wildman–Crippen LogP) is 2.20. The average Bonchev–Trinajstić information content (AvgIpc) is 3.27. The Kier molecular flexibility index (Phi) is 6.81. The summed E-state index contributed by atoms with van der Waals surface area (Å²) in [6.07, 6.45) is 4.23. The molecule has 0 aliphatic heterocycles. The van der Waals surface area contributed by atoms with Gasteiger partial charge in [0.05, 0.1) is 31.4 Å². The second-order valence-electron chi connectivity index (χ2n) is 7.10. The number of pyridine rings is 1. The zero-order valence-corrected chi connectivity index (χ0v) is 17.0. The molecule has 0 saturated carbocycles. The number of carbonyl (C=O) groups is 1. The lowest BCUT2D eigenvalue weighted by Crippen LogP contribution is -2.53. The standard InChI is InChI=1S/C22H25N3O5/c1-15(28)25-22(13-26,14-27)10-9-16-3-5-17(6-4-16)19-12-30-21(24-19)18-7-8-20(29-2)23-11-18/h3-8,11-12,26-27H,9-10,13-14H2,1-2H3,(H,25,28). The second kappa shape index (κ2) is 9.51. The van der Waals surface area contributed by atoms with Gasteiger partial charge in [0.2, 0.25) is 17.7 Å². The number of oxazole rings is 1. The molecule has 0 radical (unpaired) electrons. The first kappa shape index (κ1) is 21.5. The average molecular weight is 411 g/mol. The molecule has 3 rings (SSSR count). The molecule has 8 nitrogen and oxygen atoms in total. The molecule has 0 aliphatic rings. The molecule has 3 N–H and O–H groups in total. The molecule has 0 fully saturated rings. The largest absolute Gasteiger partial charge is 0.481 e. The number of methoxy groups -OCH3 is 1. The molecule has 0 bridgehead atoms. The summed E-state index contributed by atoms with van der Waals surface area (Å²) < 4.78 is 10.6. The second-order valence-corrected chi connectivity index (χ2v) is 7.10. The number of hydrogen-bond donors (Lipinski definition) is 3. The van der Waals surface area contributed by atoms with E-state index in [1.54, 1.807) is 25.6 Å². The highest BCUT2D eigenvalue weighted by Crippen LogP contribution is 2.26. The third-order valence-corrected chi connectivity index (χ3v) is 4.89. The Labute approximate surface area is 174 Å². The lowest BCUT2D eigenvalue weighted by molar-refractivity contribution is -0.122. The number of carbonyl (C=O) groups excluding carboxylic acids is 1. The Hall–Kier alpha value is -3.23. The van der Waals surface area contributed by atoms with Crippen molar-refractivity contribution in [1.82, 2.24) is 15.3 Å². The SMILES string of the molecule is COc1ccc(-c2nc(-c3ccc(CCC(CO)(CO)NC(C)=O)cc3)co2)cn1. The van der Waals surface area contributed by atoms with E-state index in [9.17, 15) is 15.0 Å². The van der Waals surface area contributed by atoms with Crippen molar-refractivity contribution in [2.75, 3.05) is 20.3 Å². The van der Waals surface area contributed by atoms with Crippen LogP contribution in [0.25, 0.3) is 22.7 Å². The van der Waals surface area contributed by atoms with Crippen molar-refractivity contribution in [2.45, 2.75) is 25.3 Å². The molecule has 3 aromatic rings. The van der Waals surface area contributed by atoms with Gasteiger partial charge in [-0.3, -0.25) is 4.79 Å². The van der Waals surface area contributed by atoms with Gasteiger partial charge < -0.3 is 24.7 Å². The van der Waals surface area contributed by atoms with Gasteiger partial charge in [0.1, 0.15) is 12.0 Å². The van der Waals surface area contributed by atoms with E-state index in [0.717, 1.165) is 16.7 Å². The van der Waals surface area contributed by atoms with Crippen LogP contribution in [0.2, 0.25) is 0 Å². The number of aliphatic hydroxyl groups is 2. The summed E-state index contributed by atoms with van der Waals surface area (Å²) in [5.41, 5.74) is 2.33. The third-order valence-electron chi connectivity index (χ3n) is 4.89. The molecule has 0 atom stereocenters. The molecule has 2 aromatic heterocycles. The summed E-state index contributed by atoms with van der Waals surface area (Å²) in [4.78, 5) is 20.0. The van der Waals surface area contributed by atoms with Crippen LogP contribution in [0.5, 0.6) is 5.88 Å². The van der Waals surface area contributed by atoms with Crippen molar-refractivity contribution >= 4 is 5.91 Å². The first-order valence-corrected chi connectivity index (χ1v) is 9.54. The molecule has 158 valence electrons. The Morgan fingerprint density at radius 1 is 1.13 bits per heavy atom. The highest BCUT2D eigenvalue weighted by Gasteiger charge is 2.29. The van der Waals surface area contributed by atoms with Crippen LogP contribution in [0.15, 0.2) is 53.3 Å². The van der Waals surface area contributed by atoms with Crippen LogP contribution < -0.4 is 10.1 Å². The Balaban J connectivity index is 1.68. The van der Waals surface area contributed by atoms with E-state index in [2.05, 4.69) is 15.3 Å². The smallest absolute Gasteiger partial charge is 0.228 e. The molecular weight excluding hydrogens is 386 g/mol. The molecule has 8 heteroatoms. The first-order chi connectivity index (χ1) is 14.5. The fourth-order valence-corrected chi connectivity index (χ4v) is 3.12. The highest BCUT2D eigenvalue weighted by molar-refractivity contribution is 5.73. The molecule has 0 spiro atoms. The predicted molar refractivity (Wildman–Crippen MR) is 111 cm³/mol. The van der Waals surface area contributed by atoms with E-state index >= 15 is 0 Å². The summed E-state index contributed by atoms with van der Waals surface area (Å²) in [6.45, 7) is 0.704. The zero-order chi connectivity index (χ0) is 21.6. The quantitative estimate of drug-likeness (QED) is 0.494. The summed E-state index contributed by atoms with van der Waals surface area (Å²) in [5, 5.41) is 21.9. The van der Waals surface area contributed by atoms with Crippen LogP contribution >= 0.6 is 0 Å². The van der Waals surface area contributed by atoms with Crippen molar-refractivity contribution in [1.29, 1.82) is 0 Å². The number of aromatic nitrogens is 2. The fraction of sp³-hybridized carbons (Fsp3) is 0.318. The molecule has 0 aliphatic carbocycles. The van der Waals surface area contributed by atoms with Crippen LogP contribution in [-0.2, 0) is 11.2 Å². The van der Waals surface area contributed by atoms with Crippen LogP contribution in [0.1, 0.15) is 18.9 Å². The summed E-state index contributed by atoms with van der Waals surface area (Å²) in [6, 6.07) is 11.3. The number of nitrogens with zero attached hydrogens (tertiary/aromatic N) is 2. The maximum Gasteiger partial charge on any atom is 0.228 e. The highest BCUT2D eigenvalue weighted by atomic mass is 16.5. The van der Waals surface area contributed by atoms with Crippen molar-refractivity contribution in [3.05, 3.63) is 54.4 Å². The lowest BCUT2D eigenvalue weighted by Gasteiger charge is -2.30. The van der Waals surface area contributed by atoms with Gasteiger partial charge in [0, 0.05) is 24.8 Å². The first-order valence-electron chi connectivity index (χ1n) is 9.54. The van der Waals surface area contributed by atoms with E-state index in [-0.39, 0.29) is 19.1 Å². The minimum atomic E-state index is -1.03. The number of aryl methyl sites for hydroxylation is 1. The third kappa shape index (κ3) is 5.03. The zero-order valence-electron chi connectivity index (χ0n) is 17.0. The molecule has 0 saturated heterocycles. The molecule has 30 heavy (non-hydrogen) atoms. The van der Waals surface area contributed by atoms with Gasteiger partial charge in [-0.15, -0.1) is 0 Å². The van der Waals surface area contributed by atoms with Gasteiger partial charge >= 0.3 is 0 Å². The van der Waals surface area contributed by atoms with Crippen LogP contribution in [0.3, 0.4) is 0 Å². The molecule has 0 unspecified atom stereocenters. The lowest BCUT2D eigenvalue weighted by atomic mass is 9.92. The van der Waals surface area contributed by atoms with Gasteiger partial charge in [-0.1, -0.05) is 24.3 Å². The van der Waals surface area contributed by atoms with Gasteiger partial charge in [0.25, 0.3) is 0 Å². The minimum absolute atomic E-state index is 0.289. The number of aliphatic hydroxyl groups excluding tert-OH is 2. The van der Waals surface area contributed by atoms with E-state index in [0.29, 0.717) is 30.3 Å². The normalized spacial score (nSPS) is 11.3. The number of hydrogen-bond acceptors (Lipinski definition) is 7. The van der Waals surface area contributed by atoms with E-state index in [1.165, 1.54) is 6.92 Å². The van der Waals surface area contributed by atoms with Gasteiger partial charge in [-0.25, -0.2) is 9.97 Å². The van der Waals surface area contributed by atoms with Crippen molar-refractivity contribution in [2.24, 2.45) is 0 Å². The number of rotatable bonds is 9. The molecular formula is C22H25N3O5. The minimum Gasteiger partial charge on any atom is -0.481 e. The summed E-state index contributed by atoms with van der Waals surface area (Å²) in [5.74, 6) is 0.698. The maximum atomic E-state index is 11.4. The topological polar surface area (TPSA) is 118 Å². The number of nitrogens with one attached hydrogen (secondary N) is 1. The van der Waals surface area contributed by atoms with Crippen LogP contribution in [0, 0.1) is 0 Å². The van der Waals surface area contributed by atoms with E-state index in [4.69, 9.17) is 9.15 Å². The van der Waals surface area contributed by atoms with Crippen molar-refractivity contribution in [3.63, 3.8) is 0 Å². The molecule has 2 heterocycles. The molecule has 1 amide bonds. The van der Waals surface area contributed by atoms with Gasteiger partial charge in [-0.05, 0) is 24.5 Å². The van der Waals surface area contributed by atoms with Crippen molar-refractivity contribution in [3.8, 4) is 28.6 Å². The Bertz CT molecular complexity index is 963. The van der Waals surface area contributed by atoms with Gasteiger partial charge in [-0.2, -0.15) is 0 Å². The monoisotopic (exact) mass is 411 g/mol. The van der Waals surface area contributed by atoms with E-state index < -0.39 is 5.54 Å². The Morgan fingerprint density at radius 2 is 1.83 bits per heavy atom. The summed E-state index contributed by atoms with van der Waals surface area (Å²) >= 11 is 0. The number of amides is 1. The van der Waals surface area contributed by atoms with Crippen LogP contribution in [-0.4, -0.2) is 52.0 Å². The fourth-order valence-electron chi connectivity index (χ4n) is 3.12. The molecule has 1 aromatic carbocycles. The maximum absolute atomic E-state index is 11.4. The summed E-state index contributed by atoms with van der Waals surface area (Å²) in [7, 11) is 1.56. The van der Waals surface area contributed by atoms with Gasteiger partial charge in [0.15, 0.2) is 0 Å². The Morgan fingerprint density at radius 3 is 2.40 bits per heavy atom.